The largest absolute Gasteiger partial charge is 0.242 e. The predicted molar refractivity (Wildman–Crippen MR) is 74.2 cm³/mol. The van der Waals surface area contributed by atoms with Crippen molar-refractivity contribution >= 4 is 9.24 Å². The van der Waals surface area contributed by atoms with Gasteiger partial charge in [-0.2, -0.15) is 0 Å². The lowest BCUT2D eigenvalue weighted by molar-refractivity contribution is 0.995. The van der Waals surface area contributed by atoms with Crippen molar-refractivity contribution in [3.05, 3.63) is 58.7 Å². The van der Waals surface area contributed by atoms with E-state index >= 15 is 0 Å². The molecule has 0 saturated heterocycles. The molecule has 1 heterocycles. The third-order valence-corrected chi connectivity index (χ3v) is 3.15. The van der Waals surface area contributed by atoms with Gasteiger partial charge in [0.1, 0.15) is 6.33 Å². The molecule has 17 heavy (non-hydrogen) atoms. The maximum atomic E-state index is 4.30. The minimum atomic E-state index is 0.878. The molecular weight excluding hydrogens is 227 g/mol. The highest BCUT2D eigenvalue weighted by Gasteiger charge is 2.01. The van der Waals surface area contributed by atoms with E-state index in [0.717, 1.165) is 24.0 Å². The molecule has 0 aliphatic carbocycles. The van der Waals surface area contributed by atoms with E-state index in [1.807, 2.05) is 13.0 Å². The molecule has 1 atom stereocenters. The molecule has 2 rings (SSSR count). The first-order valence-electron chi connectivity index (χ1n) is 5.74. The number of nitrogens with zero attached hydrogens (tertiary/aromatic N) is 2. The quantitative estimate of drug-likeness (QED) is 0.775. The molecule has 0 aliphatic heterocycles. The number of rotatable bonds is 3. The molecule has 0 fully saturated rings. The van der Waals surface area contributed by atoms with Gasteiger partial charge >= 0.3 is 0 Å². The normalized spacial score (nSPS) is 10.5. The van der Waals surface area contributed by atoms with E-state index in [9.17, 15) is 0 Å². The fraction of sp³-hybridized carbons (Fsp3) is 0.286. The number of hydrogen-bond acceptors (Lipinski definition) is 2. The van der Waals surface area contributed by atoms with Crippen LogP contribution in [0.1, 0.15) is 28.1 Å². The van der Waals surface area contributed by atoms with Crippen molar-refractivity contribution in [3.8, 4) is 0 Å². The molecule has 3 heteroatoms. The van der Waals surface area contributed by atoms with E-state index in [-0.39, 0.29) is 0 Å². The molecule has 0 N–H and O–H groups in total. The van der Waals surface area contributed by atoms with Crippen LogP contribution in [-0.4, -0.2) is 9.97 Å². The summed E-state index contributed by atoms with van der Waals surface area (Å²) in [5.74, 6) is 0. The van der Waals surface area contributed by atoms with Crippen LogP contribution in [0, 0.1) is 13.8 Å². The summed E-state index contributed by atoms with van der Waals surface area (Å²) in [5, 5.41) is 0. The lowest BCUT2D eigenvalue weighted by atomic mass is 10.0. The van der Waals surface area contributed by atoms with Crippen LogP contribution >= 0.6 is 9.24 Å². The second-order valence-corrected chi connectivity index (χ2v) is 4.77. The van der Waals surface area contributed by atoms with Crippen molar-refractivity contribution in [2.24, 2.45) is 0 Å². The Bertz CT molecular complexity index is 523. The highest BCUT2D eigenvalue weighted by atomic mass is 31.0. The molecule has 2 nitrogen and oxygen atoms in total. The van der Waals surface area contributed by atoms with Gasteiger partial charge in [-0.3, -0.25) is 0 Å². The van der Waals surface area contributed by atoms with Crippen molar-refractivity contribution < 1.29 is 0 Å². The Balaban J connectivity index is 2.26. The van der Waals surface area contributed by atoms with E-state index < -0.39 is 0 Å². The molecule has 1 aromatic carbocycles. The second kappa shape index (κ2) is 5.37. The number of benzene rings is 1. The summed E-state index contributed by atoms with van der Waals surface area (Å²) in [6, 6.07) is 8.74. The molecule has 0 amide bonds. The smallest absolute Gasteiger partial charge is 0.115 e. The Kier molecular flexibility index (Phi) is 3.86. The molecule has 0 bridgehead atoms. The van der Waals surface area contributed by atoms with Crippen molar-refractivity contribution in [3.63, 3.8) is 0 Å². The van der Waals surface area contributed by atoms with Gasteiger partial charge in [-0.1, -0.05) is 23.8 Å². The first-order chi connectivity index (χ1) is 8.17. The molecule has 1 aromatic heterocycles. The molecule has 88 valence electrons. The first kappa shape index (κ1) is 12.2. The molecular formula is C14H17N2P. The third kappa shape index (κ3) is 3.34. The highest BCUT2D eigenvalue weighted by molar-refractivity contribution is 7.15. The Labute approximate surface area is 105 Å². The van der Waals surface area contributed by atoms with Gasteiger partial charge in [0, 0.05) is 17.8 Å². The second-order valence-electron chi connectivity index (χ2n) is 4.36. The Morgan fingerprint density at radius 3 is 2.47 bits per heavy atom. The predicted octanol–water partition coefficient (Wildman–Crippen LogP) is 3.06. The number of hydrogen-bond donors (Lipinski definition) is 0. The van der Waals surface area contributed by atoms with Gasteiger partial charge in [0.2, 0.25) is 0 Å². The maximum absolute atomic E-state index is 4.30. The zero-order chi connectivity index (χ0) is 12.3. The summed E-state index contributed by atoms with van der Waals surface area (Å²) >= 11 is 0. The summed E-state index contributed by atoms with van der Waals surface area (Å²) in [5.41, 5.74) is 6.09. The average Bonchev–Trinajstić information content (AvgIpc) is 2.28. The Morgan fingerprint density at radius 2 is 1.76 bits per heavy atom. The lowest BCUT2D eigenvalue weighted by Crippen LogP contribution is -1.96. The summed E-state index contributed by atoms with van der Waals surface area (Å²) in [4.78, 5) is 8.42. The van der Waals surface area contributed by atoms with E-state index in [1.54, 1.807) is 6.33 Å². The van der Waals surface area contributed by atoms with Gasteiger partial charge in [-0.05, 0) is 37.2 Å². The van der Waals surface area contributed by atoms with Crippen LogP contribution in [-0.2, 0) is 12.6 Å². The van der Waals surface area contributed by atoms with Crippen LogP contribution in [0.15, 0.2) is 30.6 Å². The minimum absolute atomic E-state index is 0.878. The van der Waals surface area contributed by atoms with Crippen LogP contribution < -0.4 is 0 Å². The van der Waals surface area contributed by atoms with Crippen LogP contribution in [0.4, 0.5) is 0 Å². The molecule has 0 radical (unpaired) electrons. The van der Waals surface area contributed by atoms with E-state index in [4.69, 9.17) is 0 Å². The van der Waals surface area contributed by atoms with Crippen LogP contribution in [0.2, 0.25) is 0 Å². The fourth-order valence-corrected chi connectivity index (χ4v) is 2.22. The SMILES string of the molecule is Cc1cc(CP)cc(Cc2cc(C)ncn2)c1. The number of aromatic nitrogens is 2. The van der Waals surface area contributed by atoms with E-state index in [1.165, 1.54) is 16.7 Å². The van der Waals surface area contributed by atoms with Crippen molar-refractivity contribution in [1.82, 2.24) is 9.97 Å². The maximum Gasteiger partial charge on any atom is 0.115 e. The van der Waals surface area contributed by atoms with Gasteiger partial charge in [-0.25, -0.2) is 9.97 Å². The lowest BCUT2D eigenvalue weighted by Gasteiger charge is -2.06. The van der Waals surface area contributed by atoms with Gasteiger partial charge < -0.3 is 0 Å². The van der Waals surface area contributed by atoms with Gasteiger partial charge in [-0.15, -0.1) is 9.24 Å². The van der Waals surface area contributed by atoms with Gasteiger partial charge in [0.15, 0.2) is 0 Å². The van der Waals surface area contributed by atoms with Crippen molar-refractivity contribution in [1.29, 1.82) is 0 Å². The summed E-state index contributed by atoms with van der Waals surface area (Å²) in [7, 11) is 2.77. The topological polar surface area (TPSA) is 25.8 Å². The highest BCUT2D eigenvalue weighted by Crippen LogP contribution is 2.15. The van der Waals surface area contributed by atoms with Crippen LogP contribution in [0.5, 0.6) is 0 Å². The standard InChI is InChI=1S/C14H17N2P/c1-10-3-12(6-13(4-10)8-17)7-14-5-11(2)15-9-16-14/h3-6,9H,7-8,17H2,1-2H3. The summed E-state index contributed by atoms with van der Waals surface area (Å²) in [6.07, 6.45) is 3.51. The number of aryl methyl sites for hydroxylation is 2. The van der Waals surface area contributed by atoms with Crippen molar-refractivity contribution in [2.45, 2.75) is 26.4 Å². The molecule has 0 aliphatic rings. The van der Waals surface area contributed by atoms with Gasteiger partial charge in [0.25, 0.3) is 0 Å². The molecule has 2 aromatic rings. The molecule has 0 saturated carbocycles. The minimum Gasteiger partial charge on any atom is -0.242 e. The molecule has 0 spiro atoms. The van der Waals surface area contributed by atoms with Crippen molar-refractivity contribution in [2.75, 3.05) is 0 Å². The average molecular weight is 244 g/mol. The Morgan fingerprint density at radius 1 is 1.00 bits per heavy atom. The zero-order valence-electron chi connectivity index (χ0n) is 10.3. The first-order valence-corrected chi connectivity index (χ1v) is 6.56. The van der Waals surface area contributed by atoms with Crippen LogP contribution in [0.25, 0.3) is 0 Å². The Hall–Kier alpha value is -1.27. The zero-order valence-corrected chi connectivity index (χ0v) is 11.4. The van der Waals surface area contributed by atoms with E-state index in [0.29, 0.717) is 0 Å². The third-order valence-electron chi connectivity index (χ3n) is 2.68. The van der Waals surface area contributed by atoms with E-state index in [2.05, 4.69) is 44.3 Å². The van der Waals surface area contributed by atoms with Gasteiger partial charge in [0.05, 0.1) is 0 Å². The summed E-state index contributed by atoms with van der Waals surface area (Å²) in [6.45, 7) is 4.13. The molecule has 1 unspecified atom stereocenters. The summed E-state index contributed by atoms with van der Waals surface area (Å²) < 4.78 is 0. The fourth-order valence-electron chi connectivity index (χ4n) is 1.98. The van der Waals surface area contributed by atoms with Crippen LogP contribution in [0.3, 0.4) is 0 Å². The monoisotopic (exact) mass is 244 g/mol.